The summed E-state index contributed by atoms with van der Waals surface area (Å²) in [5.41, 5.74) is 2.12. The Morgan fingerprint density at radius 3 is 2.77 bits per heavy atom. The standard InChI is InChI=1S/C22H27ClN6O/c1-14(30)10-15-7-9-28(11-15)19-18-20(27-21(26-19)22(2,3)4)29(13-25-18)12-17-16(23)6-5-8-24-17/h5-6,8,13,15H,7,9-12H2,1-4H3/t15-/m1/s1. The van der Waals surface area contributed by atoms with Gasteiger partial charge >= 0.3 is 0 Å². The molecule has 0 unspecified atom stereocenters. The second-order valence-electron chi connectivity index (χ2n) is 9.10. The van der Waals surface area contributed by atoms with Crippen molar-refractivity contribution in [3.05, 3.63) is 41.2 Å². The highest BCUT2D eigenvalue weighted by Gasteiger charge is 2.29. The highest BCUT2D eigenvalue weighted by molar-refractivity contribution is 6.31. The monoisotopic (exact) mass is 426 g/mol. The lowest BCUT2D eigenvalue weighted by Gasteiger charge is -2.22. The fourth-order valence-corrected chi connectivity index (χ4v) is 4.08. The number of halogens is 1. The molecule has 7 nitrogen and oxygen atoms in total. The zero-order valence-corrected chi connectivity index (χ0v) is 18.6. The quantitative estimate of drug-likeness (QED) is 0.613. The van der Waals surface area contributed by atoms with E-state index in [1.807, 2.05) is 16.7 Å². The lowest BCUT2D eigenvalue weighted by Crippen LogP contribution is -2.25. The van der Waals surface area contributed by atoms with Crippen molar-refractivity contribution in [2.75, 3.05) is 18.0 Å². The minimum Gasteiger partial charge on any atom is -0.354 e. The Morgan fingerprint density at radius 1 is 1.27 bits per heavy atom. The highest BCUT2D eigenvalue weighted by atomic mass is 35.5. The smallest absolute Gasteiger partial charge is 0.166 e. The van der Waals surface area contributed by atoms with Crippen molar-refractivity contribution < 1.29 is 4.79 Å². The Hall–Kier alpha value is -2.54. The van der Waals surface area contributed by atoms with Crippen LogP contribution in [0.25, 0.3) is 11.2 Å². The zero-order chi connectivity index (χ0) is 21.5. The summed E-state index contributed by atoms with van der Waals surface area (Å²) in [6, 6.07) is 3.66. The molecule has 4 rings (SSSR count). The molecule has 4 heterocycles. The van der Waals surface area contributed by atoms with E-state index in [1.165, 1.54) is 0 Å². The zero-order valence-electron chi connectivity index (χ0n) is 17.9. The average molecular weight is 427 g/mol. The fourth-order valence-electron chi connectivity index (χ4n) is 3.90. The Labute approximate surface area is 181 Å². The minimum absolute atomic E-state index is 0.209. The second kappa shape index (κ2) is 7.95. The maximum atomic E-state index is 11.6. The van der Waals surface area contributed by atoms with Crippen LogP contribution in [0.4, 0.5) is 5.82 Å². The number of anilines is 1. The van der Waals surface area contributed by atoms with Crippen molar-refractivity contribution in [3.63, 3.8) is 0 Å². The van der Waals surface area contributed by atoms with Crippen LogP contribution in [-0.4, -0.2) is 43.4 Å². The first-order chi connectivity index (χ1) is 14.2. The van der Waals surface area contributed by atoms with Gasteiger partial charge in [0.05, 0.1) is 23.6 Å². The molecule has 0 radical (unpaired) electrons. The van der Waals surface area contributed by atoms with E-state index in [0.29, 0.717) is 23.9 Å². The van der Waals surface area contributed by atoms with Gasteiger partial charge in [-0.05, 0) is 31.4 Å². The number of ketones is 1. The van der Waals surface area contributed by atoms with E-state index < -0.39 is 0 Å². The topological polar surface area (TPSA) is 76.8 Å². The highest BCUT2D eigenvalue weighted by Crippen LogP contribution is 2.32. The van der Waals surface area contributed by atoms with E-state index >= 15 is 0 Å². The van der Waals surface area contributed by atoms with Gasteiger partial charge in [-0.3, -0.25) is 4.98 Å². The molecule has 1 aliphatic heterocycles. The van der Waals surface area contributed by atoms with Gasteiger partial charge in [0.2, 0.25) is 0 Å². The molecule has 1 fully saturated rings. The second-order valence-corrected chi connectivity index (χ2v) is 9.51. The van der Waals surface area contributed by atoms with Gasteiger partial charge in [-0.2, -0.15) is 0 Å². The van der Waals surface area contributed by atoms with Crippen molar-refractivity contribution >= 4 is 34.4 Å². The number of aromatic nitrogens is 5. The molecule has 0 bridgehead atoms. The number of pyridine rings is 1. The van der Waals surface area contributed by atoms with Crippen molar-refractivity contribution in [2.45, 2.75) is 52.5 Å². The summed E-state index contributed by atoms with van der Waals surface area (Å²) in [6.07, 6.45) is 5.12. The molecular formula is C22H27ClN6O. The molecule has 1 saturated heterocycles. The molecule has 1 atom stereocenters. The van der Waals surface area contributed by atoms with Gasteiger partial charge in [-0.1, -0.05) is 32.4 Å². The summed E-state index contributed by atoms with van der Waals surface area (Å²) in [5.74, 6) is 2.22. The molecule has 3 aromatic heterocycles. The van der Waals surface area contributed by atoms with Gasteiger partial charge in [0, 0.05) is 31.1 Å². The fraction of sp³-hybridized carbons (Fsp3) is 0.500. The maximum Gasteiger partial charge on any atom is 0.166 e. The van der Waals surface area contributed by atoms with E-state index in [2.05, 4.69) is 35.6 Å². The number of Topliss-reactive ketones (excluding diaryl/α,β-unsaturated/α-hetero) is 1. The van der Waals surface area contributed by atoms with Crippen LogP contribution in [0.1, 0.15) is 52.1 Å². The number of rotatable bonds is 5. The molecule has 3 aromatic rings. The first-order valence-corrected chi connectivity index (χ1v) is 10.7. The van der Waals surface area contributed by atoms with Crippen molar-refractivity contribution in [1.29, 1.82) is 0 Å². The predicted octanol–water partition coefficient (Wildman–Crippen LogP) is 4.03. The van der Waals surface area contributed by atoms with E-state index in [-0.39, 0.29) is 11.2 Å². The Balaban J connectivity index is 1.76. The summed E-state index contributed by atoms with van der Waals surface area (Å²) >= 11 is 6.32. The van der Waals surface area contributed by atoms with Crippen molar-refractivity contribution in [2.24, 2.45) is 5.92 Å². The van der Waals surface area contributed by atoms with E-state index in [4.69, 9.17) is 21.6 Å². The third-order valence-corrected chi connectivity index (χ3v) is 5.78. The first-order valence-electron chi connectivity index (χ1n) is 10.3. The van der Waals surface area contributed by atoms with E-state index in [1.54, 1.807) is 19.4 Å². The number of nitrogens with zero attached hydrogens (tertiary/aromatic N) is 6. The summed E-state index contributed by atoms with van der Waals surface area (Å²) < 4.78 is 1.98. The number of fused-ring (bicyclic) bond motifs is 1. The number of imidazole rings is 1. The number of carbonyl (C=O) groups is 1. The van der Waals surface area contributed by atoms with E-state index in [9.17, 15) is 4.79 Å². The van der Waals surface area contributed by atoms with Crippen LogP contribution in [0, 0.1) is 5.92 Å². The van der Waals surface area contributed by atoms with Gasteiger partial charge < -0.3 is 14.3 Å². The van der Waals surface area contributed by atoms with Crippen LogP contribution in [0.3, 0.4) is 0 Å². The normalized spacial score (nSPS) is 17.1. The molecule has 0 saturated carbocycles. The third kappa shape index (κ3) is 4.17. The van der Waals surface area contributed by atoms with Crippen LogP contribution in [-0.2, 0) is 16.8 Å². The van der Waals surface area contributed by atoms with Gasteiger partial charge in [0.25, 0.3) is 0 Å². The SMILES string of the molecule is CC(=O)C[C@H]1CCN(c2nc(C(C)(C)C)nc3c2ncn3Cc2ncccc2Cl)C1. The summed E-state index contributed by atoms with van der Waals surface area (Å²) in [6.45, 7) is 10.2. The van der Waals surface area contributed by atoms with Crippen LogP contribution >= 0.6 is 11.6 Å². The molecule has 0 N–H and O–H groups in total. The summed E-state index contributed by atoms with van der Waals surface area (Å²) in [5, 5.41) is 0.622. The molecule has 0 spiro atoms. The molecule has 30 heavy (non-hydrogen) atoms. The molecular weight excluding hydrogens is 400 g/mol. The van der Waals surface area contributed by atoms with Gasteiger partial charge in [0.15, 0.2) is 17.0 Å². The molecule has 1 aliphatic rings. The first kappa shape index (κ1) is 20.7. The lowest BCUT2D eigenvalue weighted by molar-refractivity contribution is -0.117. The van der Waals surface area contributed by atoms with Gasteiger partial charge in [0.1, 0.15) is 11.6 Å². The molecule has 0 aromatic carbocycles. The Bertz CT molecular complexity index is 1090. The van der Waals surface area contributed by atoms with Crippen LogP contribution in [0.15, 0.2) is 24.7 Å². The molecule has 0 aliphatic carbocycles. The number of hydrogen-bond acceptors (Lipinski definition) is 6. The van der Waals surface area contributed by atoms with Crippen LogP contribution in [0.5, 0.6) is 0 Å². The Kier molecular flexibility index (Phi) is 5.49. The number of hydrogen-bond donors (Lipinski definition) is 0. The predicted molar refractivity (Wildman–Crippen MR) is 118 cm³/mol. The average Bonchev–Trinajstić information content (AvgIpc) is 3.29. The van der Waals surface area contributed by atoms with Crippen molar-refractivity contribution in [1.82, 2.24) is 24.5 Å². The van der Waals surface area contributed by atoms with Gasteiger partial charge in [-0.25, -0.2) is 15.0 Å². The molecule has 8 heteroatoms. The van der Waals surface area contributed by atoms with Gasteiger partial charge in [-0.15, -0.1) is 0 Å². The maximum absolute atomic E-state index is 11.6. The Morgan fingerprint density at radius 2 is 2.07 bits per heavy atom. The van der Waals surface area contributed by atoms with Crippen LogP contribution < -0.4 is 4.90 Å². The summed E-state index contributed by atoms with van der Waals surface area (Å²) in [7, 11) is 0. The minimum atomic E-state index is -0.209. The molecule has 0 amide bonds. The van der Waals surface area contributed by atoms with Crippen molar-refractivity contribution in [3.8, 4) is 0 Å². The number of carbonyl (C=O) groups excluding carboxylic acids is 1. The lowest BCUT2D eigenvalue weighted by atomic mass is 9.96. The molecule has 158 valence electrons. The van der Waals surface area contributed by atoms with E-state index in [0.717, 1.165) is 48.0 Å². The summed E-state index contributed by atoms with van der Waals surface area (Å²) in [4.78, 5) is 32.7. The largest absolute Gasteiger partial charge is 0.354 e. The van der Waals surface area contributed by atoms with Crippen LogP contribution in [0.2, 0.25) is 5.02 Å². The third-order valence-electron chi connectivity index (χ3n) is 5.43.